The zero-order valence-electron chi connectivity index (χ0n) is 8.96. The summed E-state index contributed by atoms with van der Waals surface area (Å²) in [5.74, 6) is -1.42. The molecular formula is C12H14N2O4. The first-order chi connectivity index (χ1) is 8.09. The fourth-order valence-corrected chi connectivity index (χ4v) is 1.69. The first-order valence-corrected chi connectivity index (χ1v) is 5.16. The number of nitrogens with zero attached hydrogens (tertiary/aromatic N) is 2. The molecule has 2 heterocycles. The van der Waals surface area contributed by atoms with Crippen LogP contribution in [0.4, 0.5) is 0 Å². The Labute approximate surface area is 105 Å². The van der Waals surface area contributed by atoms with Crippen LogP contribution in [0.3, 0.4) is 0 Å². The molecule has 0 radical (unpaired) electrons. The van der Waals surface area contributed by atoms with E-state index in [1.807, 2.05) is 0 Å². The predicted molar refractivity (Wildman–Crippen MR) is 63.1 cm³/mol. The number of hydrogen-bond acceptors (Lipinski definition) is 4. The van der Waals surface area contributed by atoms with Crippen molar-refractivity contribution < 1.29 is 19.2 Å². The Balaban J connectivity index is 0.00000162. The Morgan fingerprint density at radius 2 is 0.944 bits per heavy atom. The third-order valence-corrected chi connectivity index (χ3v) is 2.56. The molecule has 0 fully saturated rings. The number of imide groups is 2. The smallest absolute Gasteiger partial charge is 0.253 e. The molecule has 6 nitrogen and oxygen atoms in total. The highest BCUT2D eigenvalue weighted by Crippen LogP contribution is 2.07. The SMILES string of the molecule is C.O=C1C=CC(=O)N1CCCN1C(=O)C=CC1=O. The van der Waals surface area contributed by atoms with Gasteiger partial charge in [0.15, 0.2) is 0 Å². The van der Waals surface area contributed by atoms with E-state index in [0.29, 0.717) is 6.42 Å². The van der Waals surface area contributed by atoms with Gasteiger partial charge in [0.25, 0.3) is 23.6 Å². The van der Waals surface area contributed by atoms with Crippen LogP contribution in [0.2, 0.25) is 0 Å². The minimum atomic E-state index is -0.354. The zero-order chi connectivity index (χ0) is 12.4. The quantitative estimate of drug-likeness (QED) is 0.651. The lowest BCUT2D eigenvalue weighted by molar-refractivity contribution is -0.136. The average Bonchev–Trinajstić information content (AvgIpc) is 2.77. The van der Waals surface area contributed by atoms with E-state index in [0.717, 1.165) is 9.80 Å². The maximum atomic E-state index is 11.2. The molecule has 0 aromatic rings. The third kappa shape index (κ3) is 2.53. The summed E-state index contributed by atoms with van der Waals surface area (Å²) in [4.78, 5) is 47.0. The maximum Gasteiger partial charge on any atom is 0.253 e. The van der Waals surface area contributed by atoms with Crippen LogP contribution < -0.4 is 0 Å². The van der Waals surface area contributed by atoms with Crippen LogP contribution in [0, 0.1) is 0 Å². The van der Waals surface area contributed by atoms with E-state index in [4.69, 9.17) is 0 Å². The van der Waals surface area contributed by atoms with Crippen LogP contribution in [0.5, 0.6) is 0 Å². The molecule has 96 valence electrons. The Hall–Kier alpha value is -2.24. The molecule has 0 aromatic carbocycles. The summed E-state index contributed by atoms with van der Waals surface area (Å²) in [6, 6.07) is 0. The summed E-state index contributed by atoms with van der Waals surface area (Å²) in [5.41, 5.74) is 0. The van der Waals surface area contributed by atoms with Gasteiger partial charge in [-0.2, -0.15) is 0 Å². The van der Waals surface area contributed by atoms with Gasteiger partial charge >= 0.3 is 0 Å². The fraction of sp³-hybridized carbons (Fsp3) is 0.333. The van der Waals surface area contributed by atoms with E-state index in [9.17, 15) is 19.2 Å². The lowest BCUT2D eigenvalue weighted by Gasteiger charge is -2.17. The van der Waals surface area contributed by atoms with Crippen LogP contribution in [-0.2, 0) is 19.2 Å². The molecule has 0 bridgehead atoms. The Morgan fingerprint density at radius 3 is 1.22 bits per heavy atom. The van der Waals surface area contributed by atoms with Gasteiger partial charge in [-0.25, -0.2) is 0 Å². The summed E-state index contributed by atoms with van der Waals surface area (Å²) >= 11 is 0. The zero-order valence-corrected chi connectivity index (χ0v) is 8.96. The van der Waals surface area contributed by atoms with E-state index in [2.05, 4.69) is 0 Å². The lowest BCUT2D eigenvalue weighted by Crippen LogP contribution is -2.36. The van der Waals surface area contributed by atoms with E-state index < -0.39 is 0 Å². The molecule has 2 rings (SSSR count). The lowest BCUT2D eigenvalue weighted by atomic mass is 10.3. The maximum absolute atomic E-state index is 11.2. The van der Waals surface area contributed by atoms with Crippen molar-refractivity contribution in [3.63, 3.8) is 0 Å². The molecule has 2 aliphatic rings. The molecule has 0 spiro atoms. The van der Waals surface area contributed by atoms with Gasteiger partial charge < -0.3 is 0 Å². The molecule has 0 aromatic heterocycles. The van der Waals surface area contributed by atoms with Crippen molar-refractivity contribution in [2.45, 2.75) is 13.8 Å². The monoisotopic (exact) mass is 250 g/mol. The predicted octanol–water partition coefficient (Wildman–Crippen LogP) is -0.137. The van der Waals surface area contributed by atoms with Gasteiger partial charge in [0.05, 0.1) is 0 Å². The highest BCUT2D eigenvalue weighted by molar-refractivity contribution is 6.13. The van der Waals surface area contributed by atoms with Crippen LogP contribution in [0.15, 0.2) is 24.3 Å². The van der Waals surface area contributed by atoms with Gasteiger partial charge in [0, 0.05) is 37.4 Å². The van der Waals surface area contributed by atoms with Gasteiger partial charge in [-0.15, -0.1) is 0 Å². The van der Waals surface area contributed by atoms with Crippen molar-refractivity contribution in [3.8, 4) is 0 Å². The van der Waals surface area contributed by atoms with Crippen LogP contribution in [-0.4, -0.2) is 46.5 Å². The van der Waals surface area contributed by atoms with Gasteiger partial charge in [-0.3, -0.25) is 29.0 Å². The summed E-state index contributed by atoms with van der Waals surface area (Å²) < 4.78 is 0. The summed E-state index contributed by atoms with van der Waals surface area (Å²) in [5, 5.41) is 0. The van der Waals surface area contributed by atoms with Crippen molar-refractivity contribution in [1.29, 1.82) is 0 Å². The van der Waals surface area contributed by atoms with Gasteiger partial charge in [0.1, 0.15) is 0 Å². The van der Waals surface area contributed by atoms with Crippen LogP contribution in [0.25, 0.3) is 0 Å². The number of amides is 4. The molecule has 0 N–H and O–H groups in total. The Kier molecular flexibility index (Phi) is 4.14. The molecule has 4 amide bonds. The number of carbonyl (C=O) groups is 4. The third-order valence-electron chi connectivity index (χ3n) is 2.56. The second-order valence-corrected chi connectivity index (χ2v) is 3.68. The molecule has 0 saturated carbocycles. The van der Waals surface area contributed by atoms with Crippen molar-refractivity contribution in [3.05, 3.63) is 24.3 Å². The highest BCUT2D eigenvalue weighted by Gasteiger charge is 2.25. The van der Waals surface area contributed by atoms with Gasteiger partial charge in [-0.1, -0.05) is 7.43 Å². The van der Waals surface area contributed by atoms with Crippen molar-refractivity contribution >= 4 is 23.6 Å². The van der Waals surface area contributed by atoms with E-state index in [1.165, 1.54) is 24.3 Å². The van der Waals surface area contributed by atoms with Crippen LogP contribution >= 0.6 is 0 Å². The van der Waals surface area contributed by atoms with Gasteiger partial charge in [0.2, 0.25) is 0 Å². The average molecular weight is 250 g/mol. The highest BCUT2D eigenvalue weighted by atomic mass is 16.2. The number of rotatable bonds is 4. The molecule has 0 saturated heterocycles. The molecule has 18 heavy (non-hydrogen) atoms. The minimum absolute atomic E-state index is 0. The number of hydrogen-bond donors (Lipinski definition) is 0. The van der Waals surface area contributed by atoms with Gasteiger partial charge in [-0.05, 0) is 6.42 Å². The molecule has 2 aliphatic heterocycles. The molecule has 0 aliphatic carbocycles. The second-order valence-electron chi connectivity index (χ2n) is 3.68. The van der Waals surface area contributed by atoms with Crippen LogP contribution in [0.1, 0.15) is 13.8 Å². The van der Waals surface area contributed by atoms with E-state index in [1.54, 1.807) is 0 Å². The second kappa shape index (κ2) is 5.39. The molecular weight excluding hydrogens is 236 g/mol. The molecule has 0 atom stereocenters. The Morgan fingerprint density at radius 1 is 0.667 bits per heavy atom. The fourth-order valence-electron chi connectivity index (χ4n) is 1.69. The minimum Gasteiger partial charge on any atom is -0.275 e. The summed E-state index contributed by atoms with van der Waals surface area (Å²) in [6.45, 7) is 0.420. The Bertz CT molecular complexity index is 387. The molecule has 0 unspecified atom stereocenters. The van der Waals surface area contributed by atoms with E-state index in [-0.39, 0.29) is 44.1 Å². The van der Waals surface area contributed by atoms with Crippen molar-refractivity contribution in [2.24, 2.45) is 0 Å². The molecule has 6 heteroatoms. The normalized spacial score (nSPS) is 18.0. The van der Waals surface area contributed by atoms with E-state index >= 15 is 0 Å². The first kappa shape index (κ1) is 13.8. The summed E-state index contributed by atoms with van der Waals surface area (Å²) in [7, 11) is 0. The topological polar surface area (TPSA) is 74.8 Å². The largest absolute Gasteiger partial charge is 0.275 e. The first-order valence-electron chi connectivity index (χ1n) is 5.16. The standard InChI is InChI=1S/C11H10N2O4.CH4/c14-8-2-3-9(15)12(8)6-1-7-13-10(16)4-5-11(13)17;/h2-5H,1,6-7H2;1H4. The summed E-state index contributed by atoms with van der Waals surface area (Å²) in [6.07, 6.45) is 5.20. The number of carbonyl (C=O) groups excluding carboxylic acids is 4. The van der Waals surface area contributed by atoms with Crippen molar-refractivity contribution in [2.75, 3.05) is 13.1 Å². The van der Waals surface area contributed by atoms with Crippen molar-refractivity contribution in [1.82, 2.24) is 9.80 Å².